The van der Waals surface area contributed by atoms with Crippen LogP contribution in [0.4, 0.5) is 16.0 Å². The number of carbonyl (C=O) groups excluding carboxylic acids is 1. The first kappa shape index (κ1) is 20.7. The van der Waals surface area contributed by atoms with Gasteiger partial charge in [0.15, 0.2) is 17.2 Å². The average molecular weight is 436 g/mol. The zero-order chi connectivity index (χ0) is 22.8. The minimum atomic E-state index is -0.705. The van der Waals surface area contributed by atoms with Crippen LogP contribution in [0.3, 0.4) is 0 Å². The Balaban J connectivity index is 1.74. The molecule has 32 heavy (non-hydrogen) atoms. The van der Waals surface area contributed by atoms with Gasteiger partial charge in [0.2, 0.25) is 11.4 Å². The third-order valence-corrected chi connectivity index (χ3v) is 4.49. The molecule has 0 bridgehead atoms. The number of nitrogens with two attached hydrogens (primary N) is 2. The molecule has 0 aromatic carbocycles. The number of carbonyl (C=O) groups is 1. The van der Waals surface area contributed by atoms with Crippen LogP contribution in [0.25, 0.3) is 22.8 Å². The van der Waals surface area contributed by atoms with Crippen LogP contribution in [-0.4, -0.2) is 30.4 Å². The lowest BCUT2D eigenvalue weighted by atomic mass is 10.1. The second-order valence-electron chi connectivity index (χ2n) is 6.71. The molecular formula is C20H17FN8O3. The van der Waals surface area contributed by atoms with Gasteiger partial charge in [-0.3, -0.25) is 9.59 Å². The molecule has 0 spiro atoms. The van der Waals surface area contributed by atoms with Crippen molar-refractivity contribution in [3.8, 4) is 22.8 Å². The molecule has 12 heteroatoms. The third-order valence-electron chi connectivity index (χ3n) is 4.49. The molecule has 11 nitrogen and oxygen atoms in total. The van der Waals surface area contributed by atoms with Crippen LogP contribution >= 0.6 is 0 Å². The number of nitrogens with one attached hydrogen (secondary N) is 1. The van der Waals surface area contributed by atoms with Crippen molar-refractivity contribution in [3.63, 3.8) is 0 Å². The molecule has 0 saturated carbocycles. The Bertz CT molecular complexity index is 1370. The monoisotopic (exact) mass is 436 g/mol. The summed E-state index contributed by atoms with van der Waals surface area (Å²) < 4.78 is 20.6. The van der Waals surface area contributed by atoms with Crippen LogP contribution in [-0.2, 0) is 13.6 Å². The maximum atomic E-state index is 13.9. The number of hydrogen-bond donors (Lipinski definition) is 3. The van der Waals surface area contributed by atoms with Gasteiger partial charge in [0.05, 0.1) is 18.4 Å². The number of nitrogens with zero attached hydrogens (tertiary/aromatic N) is 5. The van der Waals surface area contributed by atoms with E-state index in [-0.39, 0.29) is 52.4 Å². The number of hydrogen-bond acceptors (Lipinski definition) is 9. The number of halogens is 1. The summed E-state index contributed by atoms with van der Waals surface area (Å²) in [5.41, 5.74) is 12.0. The number of anilines is 2. The molecule has 0 saturated heterocycles. The topological polar surface area (TPSA) is 168 Å². The normalized spacial score (nSPS) is 10.8. The van der Waals surface area contributed by atoms with Gasteiger partial charge in [-0.15, -0.1) is 0 Å². The Hall–Kier alpha value is -4.61. The molecule has 5 N–H and O–H groups in total. The lowest BCUT2D eigenvalue weighted by molar-refractivity contribution is 0.0946. The summed E-state index contributed by atoms with van der Waals surface area (Å²) in [6.45, 7) is -0.243. The third kappa shape index (κ3) is 4.01. The van der Waals surface area contributed by atoms with E-state index in [1.807, 2.05) is 0 Å². The van der Waals surface area contributed by atoms with Crippen LogP contribution in [0.5, 0.6) is 0 Å². The average Bonchev–Trinajstić information content (AvgIpc) is 3.31. The van der Waals surface area contributed by atoms with E-state index in [0.29, 0.717) is 5.56 Å². The van der Waals surface area contributed by atoms with E-state index in [4.69, 9.17) is 15.9 Å². The Morgan fingerprint density at radius 2 is 1.97 bits per heavy atom. The Morgan fingerprint density at radius 1 is 1.16 bits per heavy atom. The fraction of sp³-hybridized carbons (Fsp3) is 0.100. The molecule has 0 radical (unpaired) electrons. The van der Waals surface area contributed by atoms with Gasteiger partial charge in [0.1, 0.15) is 23.6 Å². The number of pyridine rings is 2. The lowest BCUT2D eigenvalue weighted by Gasteiger charge is -2.12. The summed E-state index contributed by atoms with van der Waals surface area (Å²) in [6.07, 6.45) is 4.31. The minimum Gasteiger partial charge on any atom is -0.443 e. The molecule has 4 aromatic heterocycles. The Kier molecular flexibility index (Phi) is 5.33. The maximum absolute atomic E-state index is 13.9. The first-order valence-corrected chi connectivity index (χ1v) is 9.27. The standard InChI is InChI=1S/C20H17FN8O3/c1-29-9-10(2-5-14(29)30)15-16(20-24-6-7-32-20)28-18(23)17(27-15)19(31)25-8-12-11(21)3-4-13(22)26-12/h2-7,9H,8H2,1H3,(H2,22,26)(H2,23,28)(H,25,31). The largest absolute Gasteiger partial charge is 0.443 e. The predicted molar refractivity (Wildman–Crippen MR) is 112 cm³/mol. The van der Waals surface area contributed by atoms with Gasteiger partial charge in [0.25, 0.3) is 5.91 Å². The SMILES string of the molecule is Cn1cc(-c2nc(C(=O)NCc3nc(N)ccc3F)c(N)nc2-c2ncco2)ccc1=O. The Morgan fingerprint density at radius 3 is 2.69 bits per heavy atom. The quantitative estimate of drug-likeness (QED) is 0.415. The van der Waals surface area contributed by atoms with Gasteiger partial charge in [-0.25, -0.2) is 24.3 Å². The first-order chi connectivity index (χ1) is 15.3. The molecule has 0 aliphatic rings. The molecule has 1 amide bonds. The van der Waals surface area contributed by atoms with Crippen LogP contribution < -0.4 is 22.3 Å². The van der Waals surface area contributed by atoms with E-state index >= 15 is 0 Å². The van der Waals surface area contributed by atoms with Gasteiger partial charge in [-0.1, -0.05) is 0 Å². The van der Waals surface area contributed by atoms with Gasteiger partial charge in [-0.05, 0) is 18.2 Å². The lowest BCUT2D eigenvalue weighted by Crippen LogP contribution is -2.27. The number of aromatic nitrogens is 5. The fourth-order valence-electron chi connectivity index (χ4n) is 2.91. The highest BCUT2D eigenvalue weighted by molar-refractivity contribution is 5.97. The summed E-state index contributed by atoms with van der Waals surface area (Å²) >= 11 is 0. The number of amides is 1. The predicted octanol–water partition coefficient (Wildman–Crippen LogP) is 1.13. The van der Waals surface area contributed by atoms with Gasteiger partial charge in [-0.2, -0.15) is 0 Å². The number of rotatable bonds is 5. The van der Waals surface area contributed by atoms with Crippen molar-refractivity contribution in [1.82, 2.24) is 29.8 Å². The molecule has 0 atom stereocenters. The fourth-order valence-corrected chi connectivity index (χ4v) is 2.91. The van der Waals surface area contributed by atoms with Crippen molar-refractivity contribution in [3.05, 3.63) is 70.5 Å². The highest BCUT2D eigenvalue weighted by Crippen LogP contribution is 2.29. The zero-order valence-electron chi connectivity index (χ0n) is 16.7. The molecule has 162 valence electrons. The van der Waals surface area contributed by atoms with Crippen LogP contribution in [0, 0.1) is 5.82 Å². The van der Waals surface area contributed by atoms with E-state index in [1.54, 1.807) is 7.05 Å². The molecule has 0 unspecified atom stereocenters. The van der Waals surface area contributed by atoms with Crippen molar-refractivity contribution in [2.24, 2.45) is 7.05 Å². The zero-order valence-corrected chi connectivity index (χ0v) is 16.7. The van der Waals surface area contributed by atoms with Crippen molar-refractivity contribution >= 4 is 17.5 Å². The van der Waals surface area contributed by atoms with E-state index in [9.17, 15) is 14.0 Å². The molecule has 0 fully saturated rings. The summed E-state index contributed by atoms with van der Waals surface area (Å²) in [7, 11) is 1.57. The van der Waals surface area contributed by atoms with Gasteiger partial charge in [0, 0.05) is 24.9 Å². The molecule has 0 aliphatic heterocycles. The van der Waals surface area contributed by atoms with Crippen LogP contribution in [0.1, 0.15) is 16.2 Å². The molecular weight excluding hydrogens is 419 g/mol. The van der Waals surface area contributed by atoms with Gasteiger partial charge >= 0.3 is 0 Å². The second kappa shape index (κ2) is 8.26. The Labute approximate surface area is 180 Å². The molecule has 4 aromatic rings. The minimum absolute atomic E-state index is 0.0421. The van der Waals surface area contributed by atoms with Crippen LogP contribution in [0.15, 0.2) is 52.1 Å². The maximum Gasteiger partial charge on any atom is 0.274 e. The van der Waals surface area contributed by atoms with Crippen molar-refractivity contribution < 1.29 is 13.6 Å². The molecule has 4 heterocycles. The van der Waals surface area contributed by atoms with E-state index < -0.39 is 11.7 Å². The summed E-state index contributed by atoms with van der Waals surface area (Å²) in [6, 6.07) is 5.34. The first-order valence-electron chi connectivity index (χ1n) is 9.27. The molecule has 0 aliphatic carbocycles. The summed E-state index contributed by atoms with van der Waals surface area (Å²) in [4.78, 5) is 41.1. The van der Waals surface area contributed by atoms with Crippen LogP contribution in [0.2, 0.25) is 0 Å². The number of aryl methyl sites for hydroxylation is 1. The summed E-state index contributed by atoms with van der Waals surface area (Å²) in [5.74, 6) is -1.27. The smallest absolute Gasteiger partial charge is 0.274 e. The highest BCUT2D eigenvalue weighted by atomic mass is 19.1. The van der Waals surface area contributed by atoms with E-state index in [0.717, 1.165) is 6.07 Å². The van der Waals surface area contributed by atoms with E-state index in [1.165, 1.54) is 41.4 Å². The van der Waals surface area contributed by atoms with E-state index in [2.05, 4.69) is 25.3 Å². The highest BCUT2D eigenvalue weighted by Gasteiger charge is 2.22. The van der Waals surface area contributed by atoms with Crippen molar-refractivity contribution in [2.75, 3.05) is 11.5 Å². The number of oxazole rings is 1. The van der Waals surface area contributed by atoms with Gasteiger partial charge < -0.3 is 25.8 Å². The molecule has 4 rings (SSSR count). The van der Waals surface area contributed by atoms with Crippen molar-refractivity contribution in [2.45, 2.75) is 6.54 Å². The number of nitrogen functional groups attached to an aromatic ring is 2. The van der Waals surface area contributed by atoms with Crippen molar-refractivity contribution in [1.29, 1.82) is 0 Å². The summed E-state index contributed by atoms with van der Waals surface area (Å²) in [5, 5.41) is 2.50. The second-order valence-corrected chi connectivity index (χ2v) is 6.71.